The Labute approximate surface area is 126 Å². The van der Waals surface area contributed by atoms with Gasteiger partial charge in [-0.15, -0.1) is 30.3 Å². The van der Waals surface area contributed by atoms with E-state index in [2.05, 4.69) is 29.8 Å². The van der Waals surface area contributed by atoms with Crippen LogP contribution in [0.25, 0.3) is 17.1 Å². The van der Waals surface area contributed by atoms with Crippen LogP contribution in [-0.4, -0.2) is 4.57 Å². The molecule has 19 heavy (non-hydrogen) atoms. The SMILES string of the molecule is [CH2-][n+]1ccn(-c2ccccc2)c1-c1[c-]cccc1.[Ir]. The van der Waals surface area contributed by atoms with Gasteiger partial charge in [-0.05, 0) is 19.2 Å². The molecule has 0 aliphatic heterocycles. The van der Waals surface area contributed by atoms with Gasteiger partial charge in [0.2, 0.25) is 0 Å². The smallest absolute Gasteiger partial charge is 0.193 e. The Kier molecular flexibility index (Phi) is 4.20. The number of hydrogen-bond acceptors (Lipinski definition) is 0. The summed E-state index contributed by atoms with van der Waals surface area (Å²) in [6.45, 7) is 0. The van der Waals surface area contributed by atoms with E-state index in [1.165, 1.54) is 0 Å². The predicted molar refractivity (Wildman–Crippen MR) is 71.0 cm³/mol. The summed E-state index contributed by atoms with van der Waals surface area (Å²) in [6, 6.07) is 21.4. The molecule has 1 aromatic heterocycles. The Bertz CT molecular complexity index is 645. The molecule has 1 radical (unpaired) electrons. The van der Waals surface area contributed by atoms with Gasteiger partial charge in [0, 0.05) is 26.3 Å². The summed E-state index contributed by atoms with van der Waals surface area (Å²) < 4.78 is 3.97. The maximum atomic E-state index is 4.02. The fourth-order valence-electron chi connectivity index (χ4n) is 2.04. The second-order valence-corrected chi connectivity index (χ2v) is 4.07. The molecule has 0 N–H and O–H groups in total. The van der Waals surface area contributed by atoms with Crippen molar-refractivity contribution in [3.05, 3.63) is 80.1 Å². The third kappa shape index (κ3) is 2.62. The topological polar surface area (TPSA) is 8.81 Å². The summed E-state index contributed by atoms with van der Waals surface area (Å²) in [5.41, 5.74) is 2.15. The first-order valence-electron chi connectivity index (χ1n) is 5.82. The van der Waals surface area contributed by atoms with E-state index in [0.29, 0.717) is 0 Å². The van der Waals surface area contributed by atoms with E-state index in [1.54, 1.807) is 0 Å². The fraction of sp³-hybridized carbons (Fsp3) is 0. The largest absolute Gasteiger partial charge is 0.355 e. The Hall–Kier alpha value is -1.83. The Morgan fingerprint density at radius 2 is 1.74 bits per heavy atom. The van der Waals surface area contributed by atoms with Gasteiger partial charge >= 0.3 is 0 Å². The molecule has 3 aromatic rings. The average Bonchev–Trinajstić information content (AvgIpc) is 2.83. The number of aromatic nitrogens is 2. The molecule has 0 saturated heterocycles. The zero-order valence-corrected chi connectivity index (χ0v) is 12.7. The van der Waals surface area contributed by atoms with Crippen molar-refractivity contribution in [2.45, 2.75) is 0 Å². The van der Waals surface area contributed by atoms with Crippen LogP contribution in [0.4, 0.5) is 0 Å². The quantitative estimate of drug-likeness (QED) is 0.441. The zero-order chi connectivity index (χ0) is 12.4. The monoisotopic (exact) mass is 426 g/mol. The van der Waals surface area contributed by atoms with Crippen LogP contribution in [0, 0.1) is 13.1 Å². The molecular weight excluding hydrogens is 412 g/mol. The van der Waals surface area contributed by atoms with E-state index in [9.17, 15) is 0 Å². The normalized spacial score (nSPS) is 9.89. The zero-order valence-electron chi connectivity index (χ0n) is 10.3. The van der Waals surface area contributed by atoms with Crippen molar-refractivity contribution in [1.29, 1.82) is 0 Å². The molecule has 3 heteroatoms. The van der Waals surface area contributed by atoms with E-state index < -0.39 is 0 Å². The van der Waals surface area contributed by atoms with Gasteiger partial charge in [-0.2, -0.15) is 0 Å². The number of rotatable bonds is 2. The van der Waals surface area contributed by atoms with E-state index in [0.717, 1.165) is 17.1 Å². The minimum atomic E-state index is 0. The Morgan fingerprint density at radius 1 is 1.00 bits per heavy atom. The van der Waals surface area contributed by atoms with Crippen LogP contribution >= 0.6 is 0 Å². The molecule has 0 amide bonds. The van der Waals surface area contributed by atoms with Gasteiger partial charge in [0.15, 0.2) is 5.82 Å². The summed E-state index contributed by atoms with van der Waals surface area (Å²) in [7, 11) is 4.02. The first kappa shape index (κ1) is 13.6. The van der Waals surface area contributed by atoms with Crippen LogP contribution in [0.3, 0.4) is 0 Å². The predicted octanol–water partition coefficient (Wildman–Crippen LogP) is 2.87. The standard InChI is InChI=1S/C16H13N2.Ir/c1-17-12-13-18(15-10-6-3-7-11-15)16(17)14-8-4-2-5-9-14;/h2-8,10-13H,1H2;/q-1;. The molecule has 0 atom stereocenters. The summed E-state index contributed by atoms with van der Waals surface area (Å²) in [6.07, 6.45) is 3.96. The van der Waals surface area contributed by atoms with Gasteiger partial charge < -0.3 is 4.57 Å². The summed E-state index contributed by atoms with van der Waals surface area (Å²) >= 11 is 0. The first-order valence-corrected chi connectivity index (χ1v) is 5.82. The van der Waals surface area contributed by atoms with Crippen molar-refractivity contribution < 1.29 is 24.7 Å². The first-order chi connectivity index (χ1) is 8.86. The molecule has 2 aromatic carbocycles. The minimum absolute atomic E-state index is 0. The maximum absolute atomic E-state index is 4.02. The number of nitrogens with zero attached hydrogens (tertiary/aromatic N) is 2. The van der Waals surface area contributed by atoms with Crippen LogP contribution in [0.1, 0.15) is 0 Å². The molecule has 2 nitrogen and oxygen atoms in total. The fourth-order valence-corrected chi connectivity index (χ4v) is 2.04. The van der Waals surface area contributed by atoms with Crippen molar-refractivity contribution in [3.8, 4) is 17.1 Å². The molecule has 0 aliphatic rings. The van der Waals surface area contributed by atoms with E-state index in [-0.39, 0.29) is 20.1 Å². The summed E-state index contributed by atoms with van der Waals surface area (Å²) in [5, 5.41) is 0. The number of imidazole rings is 1. The number of benzene rings is 2. The third-order valence-corrected chi connectivity index (χ3v) is 2.88. The Morgan fingerprint density at radius 3 is 2.42 bits per heavy atom. The van der Waals surface area contributed by atoms with Crippen molar-refractivity contribution >= 4 is 0 Å². The van der Waals surface area contributed by atoms with Crippen molar-refractivity contribution in [2.24, 2.45) is 0 Å². The molecule has 3 rings (SSSR count). The van der Waals surface area contributed by atoms with E-state index >= 15 is 0 Å². The molecule has 97 valence electrons. The van der Waals surface area contributed by atoms with Gasteiger partial charge in [-0.25, -0.2) is 4.57 Å². The van der Waals surface area contributed by atoms with Gasteiger partial charge in [-0.3, -0.25) is 0 Å². The van der Waals surface area contributed by atoms with Crippen LogP contribution in [-0.2, 0) is 20.1 Å². The molecule has 0 spiro atoms. The third-order valence-electron chi connectivity index (χ3n) is 2.88. The van der Waals surface area contributed by atoms with Crippen LogP contribution < -0.4 is 4.57 Å². The molecule has 0 unspecified atom stereocenters. The molecular formula is C16H13IrN2-. The van der Waals surface area contributed by atoms with Crippen molar-refractivity contribution in [1.82, 2.24) is 4.57 Å². The van der Waals surface area contributed by atoms with Crippen molar-refractivity contribution in [2.75, 3.05) is 0 Å². The van der Waals surface area contributed by atoms with E-state index in [4.69, 9.17) is 0 Å². The summed E-state index contributed by atoms with van der Waals surface area (Å²) in [5.74, 6) is 1.02. The van der Waals surface area contributed by atoms with Crippen LogP contribution in [0.2, 0.25) is 0 Å². The second-order valence-electron chi connectivity index (χ2n) is 4.07. The average molecular weight is 426 g/mol. The maximum Gasteiger partial charge on any atom is 0.193 e. The van der Waals surface area contributed by atoms with E-state index in [1.807, 2.05) is 59.4 Å². The Balaban J connectivity index is 0.00000133. The van der Waals surface area contributed by atoms with Crippen molar-refractivity contribution in [3.63, 3.8) is 0 Å². The summed E-state index contributed by atoms with van der Waals surface area (Å²) in [4.78, 5) is 0. The number of para-hydroxylation sites is 1. The minimum Gasteiger partial charge on any atom is -0.355 e. The molecule has 0 bridgehead atoms. The number of hydrogen-bond donors (Lipinski definition) is 0. The molecule has 1 heterocycles. The molecule has 0 aliphatic carbocycles. The second kappa shape index (κ2) is 5.87. The molecule has 0 saturated carbocycles. The van der Waals surface area contributed by atoms with Gasteiger partial charge in [0.25, 0.3) is 0 Å². The van der Waals surface area contributed by atoms with Crippen LogP contribution in [0.5, 0.6) is 0 Å². The van der Waals surface area contributed by atoms with Gasteiger partial charge in [-0.1, -0.05) is 23.8 Å². The van der Waals surface area contributed by atoms with Gasteiger partial charge in [0.05, 0.1) is 6.20 Å². The van der Waals surface area contributed by atoms with Crippen LogP contribution in [0.15, 0.2) is 67.0 Å². The van der Waals surface area contributed by atoms with Gasteiger partial charge in [0.1, 0.15) is 5.69 Å². The molecule has 0 fully saturated rings.